The fraction of sp³-hybridized carbons (Fsp3) is 0.333. The Morgan fingerprint density at radius 3 is 3.00 bits per heavy atom. The summed E-state index contributed by atoms with van der Waals surface area (Å²) in [5, 5.41) is 8.40. The molecule has 1 saturated heterocycles. The van der Waals surface area contributed by atoms with Gasteiger partial charge in [0.1, 0.15) is 0 Å². The number of piperidine rings is 1. The predicted octanol–water partition coefficient (Wildman–Crippen LogP) is 5.70. The molecule has 4 nitrogen and oxygen atoms in total. The Bertz CT molecular complexity index is 1110. The van der Waals surface area contributed by atoms with Gasteiger partial charge in [-0.3, -0.25) is 0 Å². The molecule has 2 N–H and O–H groups in total. The maximum Gasteiger partial charge on any atom is 0.0818 e. The van der Waals surface area contributed by atoms with Gasteiger partial charge in [-0.25, -0.2) is 9.97 Å². The highest BCUT2D eigenvalue weighted by Crippen LogP contribution is 2.30. The summed E-state index contributed by atoms with van der Waals surface area (Å²) in [5.41, 5.74) is 7.26. The third-order valence-electron chi connectivity index (χ3n) is 5.85. The zero-order valence-electron chi connectivity index (χ0n) is 16.5. The van der Waals surface area contributed by atoms with E-state index < -0.39 is 0 Å². The standard InChI is InChI=1S/C24H26N4S/c1-2-8-20-19(7-1)22(26-12-4-6-17-5-3-11-25-15-17)14-21(28-20)18-9-10-24-23(13-18)27-16-29-24/h1-2,7-10,13-14,16-17,25H,3-6,11-12,15H2,(H,26,28). The third-order valence-corrected chi connectivity index (χ3v) is 6.66. The molecular formula is C24H26N4S. The number of rotatable bonds is 6. The molecule has 0 spiro atoms. The molecule has 5 heteroatoms. The van der Waals surface area contributed by atoms with E-state index in [0.29, 0.717) is 0 Å². The molecule has 2 aromatic carbocycles. The number of nitrogens with one attached hydrogen (secondary N) is 2. The van der Waals surface area contributed by atoms with Crippen LogP contribution in [0, 0.1) is 5.92 Å². The first-order valence-corrected chi connectivity index (χ1v) is 11.4. The molecule has 0 radical (unpaired) electrons. The van der Waals surface area contributed by atoms with E-state index in [4.69, 9.17) is 4.98 Å². The highest BCUT2D eigenvalue weighted by molar-refractivity contribution is 7.16. The molecule has 0 aliphatic carbocycles. The highest BCUT2D eigenvalue weighted by Gasteiger charge is 2.13. The summed E-state index contributed by atoms with van der Waals surface area (Å²) in [7, 11) is 0. The van der Waals surface area contributed by atoms with Crippen LogP contribution >= 0.6 is 11.3 Å². The maximum atomic E-state index is 4.93. The second-order valence-corrected chi connectivity index (χ2v) is 8.77. The van der Waals surface area contributed by atoms with Crippen molar-refractivity contribution >= 4 is 38.1 Å². The van der Waals surface area contributed by atoms with Crippen LogP contribution in [0.5, 0.6) is 0 Å². The van der Waals surface area contributed by atoms with Crippen LogP contribution in [0.1, 0.15) is 25.7 Å². The van der Waals surface area contributed by atoms with Gasteiger partial charge in [-0.1, -0.05) is 24.3 Å². The van der Waals surface area contributed by atoms with Crippen LogP contribution in [0.25, 0.3) is 32.4 Å². The second-order valence-electron chi connectivity index (χ2n) is 7.89. The van der Waals surface area contributed by atoms with Crippen molar-refractivity contribution in [1.82, 2.24) is 15.3 Å². The molecule has 0 bridgehead atoms. The van der Waals surface area contributed by atoms with Gasteiger partial charge in [0.05, 0.1) is 26.9 Å². The Hall–Kier alpha value is -2.50. The number of hydrogen-bond donors (Lipinski definition) is 2. The third kappa shape index (κ3) is 4.11. The van der Waals surface area contributed by atoms with E-state index in [0.717, 1.165) is 34.8 Å². The number of para-hydroxylation sites is 1. The molecular weight excluding hydrogens is 376 g/mol. The summed E-state index contributed by atoms with van der Waals surface area (Å²) in [5.74, 6) is 0.833. The number of fused-ring (bicyclic) bond motifs is 2. The second kappa shape index (κ2) is 8.47. The van der Waals surface area contributed by atoms with Crippen molar-refractivity contribution in [2.24, 2.45) is 5.92 Å². The highest BCUT2D eigenvalue weighted by atomic mass is 32.1. The number of benzene rings is 2. The van der Waals surface area contributed by atoms with E-state index in [-0.39, 0.29) is 0 Å². The maximum absolute atomic E-state index is 4.93. The summed E-state index contributed by atoms with van der Waals surface area (Å²) in [6.45, 7) is 3.36. The van der Waals surface area contributed by atoms with Crippen molar-refractivity contribution < 1.29 is 0 Å². The van der Waals surface area contributed by atoms with Crippen LogP contribution in [-0.2, 0) is 0 Å². The Balaban J connectivity index is 1.38. The summed E-state index contributed by atoms with van der Waals surface area (Å²) >= 11 is 1.67. The van der Waals surface area contributed by atoms with E-state index in [1.165, 1.54) is 54.5 Å². The minimum Gasteiger partial charge on any atom is -0.384 e. The first kappa shape index (κ1) is 18.5. The first-order valence-electron chi connectivity index (χ1n) is 10.5. The van der Waals surface area contributed by atoms with E-state index in [1.54, 1.807) is 11.3 Å². The topological polar surface area (TPSA) is 49.8 Å². The number of aromatic nitrogens is 2. The molecule has 148 valence electrons. The van der Waals surface area contributed by atoms with Crippen LogP contribution in [0.3, 0.4) is 0 Å². The molecule has 3 heterocycles. The fourth-order valence-corrected chi connectivity index (χ4v) is 4.93. The number of anilines is 1. The van der Waals surface area contributed by atoms with E-state index >= 15 is 0 Å². The SMILES string of the molecule is c1ccc2c(NCCCC3CCCNC3)cc(-c3ccc4scnc4c3)nc2c1. The minimum atomic E-state index is 0.833. The molecule has 1 aliphatic rings. The van der Waals surface area contributed by atoms with Crippen molar-refractivity contribution in [3.63, 3.8) is 0 Å². The van der Waals surface area contributed by atoms with Crippen LogP contribution in [0.4, 0.5) is 5.69 Å². The lowest BCUT2D eigenvalue weighted by atomic mass is 9.95. The monoisotopic (exact) mass is 402 g/mol. The molecule has 0 saturated carbocycles. The summed E-state index contributed by atoms with van der Waals surface area (Å²) in [6.07, 6.45) is 5.17. The van der Waals surface area contributed by atoms with Gasteiger partial charge in [0.15, 0.2) is 0 Å². The molecule has 4 aromatic rings. The van der Waals surface area contributed by atoms with Gasteiger partial charge in [-0.05, 0) is 69.0 Å². The zero-order valence-corrected chi connectivity index (χ0v) is 17.3. The summed E-state index contributed by atoms with van der Waals surface area (Å²) in [4.78, 5) is 9.39. The van der Waals surface area contributed by atoms with Gasteiger partial charge in [-0.15, -0.1) is 11.3 Å². The van der Waals surface area contributed by atoms with Crippen molar-refractivity contribution in [2.75, 3.05) is 25.0 Å². The molecule has 1 atom stereocenters. The Kier molecular flexibility index (Phi) is 5.41. The van der Waals surface area contributed by atoms with Gasteiger partial charge < -0.3 is 10.6 Å². The molecule has 1 fully saturated rings. The zero-order chi connectivity index (χ0) is 19.5. The van der Waals surface area contributed by atoms with Crippen LogP contribution in [0.15, 0.2) is 54.0 Å². The average Bonchev–Trinajstić information content (AvgIpc) is 3.25. The molecule has 2 aromatic heterocycles. The van der Waals surface area contributed by atoms with Crippen LogP contribution in [0.2, 0.25) is 0 Å². The normalized spacial score (nSPS) is 17.0. The summed E-state index contributed by atoms with van der Waals surface area (Å²) < 4.78 is 1.21. The van der Waals surface area contributed by atoms with Crippen molar-refractivity contribution in [3.8, 4) is 11.3 Å². The van der Waals surface area contributed by atoms with Crippen LogP contribution in [-0.4, -0.2) is 29.6 Å². The van der Waals surface area contributed by atoms with Gasteiger partial charge in [0.2, 0.25) is 0 Å². The molecule has 1 unspecified atom stereocenters. The van der Waals surface area contributed by atoms with Crippen LogP contribution < -0.4 is 10.6 Å². The quantitative estimate of drug-likeness (QED) is 0.406. The largest absolute Gasteiger partial charge is 0.384 e. The number of nitrogens with zero attached hydrogens (tertiary/aromatic N) is 2. The molecule has 0 amide bonds. The Morgan fingerprint density at radius 2 is 2.07 bits per heavy atom. The summed E-state index contributed by atoms with van der Waals surface area (Å²) in [6, 6.07) is 17.0. The van der Waals surface area contributed by atoms with E-state index in [1.807, 2.05) is 5.51 Å². The lowest BCUT2D eigenvalue weighted by Crippen LogP contribution is -2.29. The lowest BCUT2D eigenvalue weighted by molar-refractivity contribution is 0.353. The fourth-order valence-electron chi connectivity index (χ4n) is 4.27. The first-order chi connectivity index (χ1) is 14.4. The van der Waals surface area contributed by atoms with Crippen molar-refractivity contribution in [2.45, 2.75) is 25.7 Å². The van der Waals surface area contributed by atoms with Gasteiger partial charge in [0, 0.05) is 23.2 Å². The Morgan fingerprint density at radius 1 is 1.10 bits per heavy atom. The van der Waals surface area contributed by atoms with Gasteiger partial charge >= 0.3 is 0 Å². The molecule has 1 aliphatic heterocycles. The van der Waals surface area contributed by atoms with Crippen molar-refractivity contribution in [3.05, 3.63) is 54.0 Å². The predicted molar refractivity (Wildman–Crippen MR) is 124 cm³/mol. The average molecular weight is 403 g/mol. The van der Waals surface area contributed by atoms with Gasteiger partial charge in [0.25, 0.3) is 0 Å². The minimum absolute atomic E-state index is 0.833. The molecule has 5 rings (SSSR count). The van der Waals surface area contributed by atoms with Gasteiger partial charge in [-0.2, -0.15) is 0 Å². The number of pyridine rings is 1. The van der Waals surface area contributed by atoms with Crippen molar-refractivity contribution in [1.29, 1.82) is 0 Å². The molecule has 29 heavy (non-hydrogen) atoms. The smallest absolute Gasteiger partial charge is 0.0818 e. The van der Waals surface area contributed by atoms with E-state index in [9.17, 15) is 0 Å². The Labute approximate surface area is 175 Å². The number of thiazole rings is 1. The van der Waals surface area contributed by atoms with E-state index in [2.05, 4.69) is 64.1 Å². The number of hydrogen-bond acceptors (Lipinski definition) is 5. The lowest BCUT2D eigenvalue weighted by Gasteiger charge is -2.22.